The molecule has 0 atom stereocenters. The number of aryl methyl sites for hydroxylation is 1. The number of fused-ring (bicyclic) bond motifs is 2. The molecule has 2 aliphatic rings. The van der Waals surface area contributed by atoms with Crippen LogP contribution in [-0.4, -0.2) is 0 Å². The predicted octanol–water partition coefficient (Wildman–Crippen LogP) is 2.74. The highest BCUT2D eigenvalue weighted by molar-refractivity contribution is 5.50. The highest BCUT2D eigenvalue weighted by Gasteiger charge is 2.13. The van der Waals surface area contributed by atoms with E-state index >= 15 is 0 Å². The second kappa shape index (κ2) is 2.01. The molecule has 52 valence electrons. The SMILES string of the molecule is CCCc1ccc2cc1O2. The van der Waals surface area contributed by atoms with E-state index in [0.29, 0.717) is 0 Å². The van der Waals surface area contributed by atoms with Gasteiger partial charge in [-0.2, -0.15) is 0 Å². The lowest BCUT2D eigenvalue weighted by atomic mass is 10.1. The van der Waals surface area contributed by atoms with Crippen molar-refractivity contribution in [1.82, 2.24) is 0 Å². The minimum absolute atomic E-state index is 1.01. The third-order valence-electron chi connectivity index (χ3n) is 1.79. The first-order valence-electron chi connectivity index (χ1n) is 3.71. The molecule has 0 saturated carbocycles. The maximum absolute atomic E-state index is 5.29. The van der Waals surface area contributed by atoms with Crippen LogP contribution < -0.4 is 4.74 Å². The lowest BCUT2D eigenvalue weighted by molar-refractivity contribution is 0.431. The molecule has 3 rings (SSSR count). The van der Waals surface area contributed by atoms with Crippen molar-refractivity contribution in [3.63, 3.8) is 0 Å². The molecule has 1 aromatic carbocycles. The second-order valence-electron chi connectivity index (χ2n) is 2.62. The highest BCUT2D eigenvalue weighted by atomic mass is 16.5. The summed E-state index contributed by atoms with van der Waals surface area (Å²) in [6.07, 6.45) is 2.32. The Balaban J connectivity index is 2.29. The molecule has 2 heterocycles. The van der Waals surface area contributed by atoms with Crippen molar-refractivity contribution >= 4 is 0 Å². The van der Waals surface area contributed by atoms with Crippen LogP contribution in [0.25, 0.3) is 0 Å². The van der Waals surface area contributed by atoms with Crippen LogP contribution in [0.3, 0.4) is 0 Å². The number of rotatable bonds is 2. The van der Waals surface area contributed by atoms with Crippen molar-refractivity contribution in [3.8, 4) is 11.5 Å². The number of hydrogen-bond acceptors (Lipinski definition) is 1. The van der Waals surface area contributed by atoms with Crippen molar-refractivity contribution in [2.24, 2.45) is 0 Å². The molecule has 0 amide bonds. The van der Waals surface area contributed by atoms with Gasteiger partial charge < -0.3 is 4.74 Å². The third-order valence-corrected chi connectivity index (χ3v) is 1.79. The maximum atomic E-state index is 5.29. The molecule has 2 aliphatic heterocycles. The maximum Gasteiger partial charge on any atom is 0.134 e. The van der Waals surface area contributed by atoms with Gasteiger partial charge in [-0.05, 0) is 18.1 Å². The van der Waals surface area contributed by atoms with E-state index in [1.807, 2.05) is 6.07 Å². The monoisotopic (exact) mass is 134 g/mol. The Morgan fingerprint density at radius 3 is 2.70 bits per heavy atom. The van der Waals surface area contributed by atoms with E-state index in [9.17, 15) is 0 Å². The van der Waals surface area contributed by atoms with E-state index in [1.54, 1.807) is 0 Å². The molecule has 0 saturated heterocycles. The lowest BCUT2D eigenvalue weighted by Crippen LogP contribution is -1.99. The van der Waals surface area contributed by atoms with Crippen LogP contribution in [0.1, 0.15) is 18.9 Å². The highest BCUT2D eigenvalue weighted by Crippen LogP contribution is 2.38. The zero-order chi connectivity index (χ0) is 6.97. The summed E-state index contributed by atoms with van der Waals surface area (Å²) < 4.78 is 5.29. The summed E-state index contributed by atoms with van der Waals surface area (Å²) in [4.78, 5) is 0. The van der Waals surface area contributed by atoms with Crippen molar-refractivity contribution in [2.45, 2.75) is 19.8 Å². The van der Waals surface area contributed by atoms with Gasteiger partial charge in [0.05, 0.1) is 0 Å². The summed E-state index contributed by atoms with van der Waals surface area (Å²) in [5.41, 5.74) is 1.34. The Labute approximate surface area is 60.6 Å². The van der Waals surface area contributed by atoms with E-state index < -0.39 is 0 Å². The zero-order valence-corrected chi connectivity index (χ0v) is 6.05. The van der Waals surface area contributed by atoms with Gasteiger partial charge >= 0.3 is 0 Å². The summed E-state index contributed by atoms with van der Waals surface area (Å²) in [6, 6.07) is 6.26. The van der Waals surface area contributed by atoms with Gasteiger partial charge in [0.1, 0.15) is 11.5 Å². The fourth-order valence-corrected chi connectivity index (χ4v) is 1.24. The van der Waals surface area contributed by atoms with Gasteiger partial charge in [0.15, 0.2) is 0 Å². The summed E-state index contributed by atoms with van der Waals surface area (Å²) in [7, 11) is 0. The third kappa shape index (κ3) is 0.703. The first kappa shape index (κ1) is 5.78. The Bertz CT molecular complexity index is 249. The first-order chi connectivity index (χ1) is 4.90. The molecule has 1 heteroatoms. The van der Waals surface area contributed by atoms with Gasteiger partial charge in [0.25, 0.3) is 0 Å². The topological polar surface area (TPSA) is 9.23 Å². The van der Waals surface area contributed by atoms with Crippen LogP contribution in [0.4, 0.5) is 0 Å². The van der Waals surface area contributed by atoms with E-state index in [0.717, 1.165) is 17.9 Å². The Morgan fingerprint density at radius 2 is 2.20 bits per heavy atom. The molecule has 0 aliphatic carbocycles. The lowest BCUT2D eigenvalue weighted by Gasteiger charge is -2.19. The van der Waals surface area contributed by atoms with E-state index in [1.165, 1.54) is 12.0 Å². The summed E-state index contributed by atoms with van der Waals surface area (Å²) in [6.45, 7) is 2.18. The van der Waals surface area contributed by atoms with Gasteiger partial charge in [-0.3, -0.25) is 0 Å². The Kier molecular flexibility index (Phi) is 1.16. The van der Waals surface area contributed by atoms with Crippen molar-refractivity contribution in [3.05, 3.63) is 23.8 Å². The molecule has 1 aromatic rings. The summed E-state index contributed by atoms with van der Waals surface area (Å²) in [5, 5.41) is 0. The van der Waals surface area contributed by atoms with Gasteiger partial charge in [-0.1, -0.05) is 19.4 Å². The Hall–Kier alpha value is -0.980. The van der Waals surface area contributed by atoms with Crippen LogP contribution in [0.2, 0.25) is 0 Å². The van der Waals surface area contributed by atoms with Crippen LogP contribution in [0.5, 0.6) is 11.5 Å². The quantitative estimate of drug-likeness (QED) is 0.613. The van der Waals surface area contributed by atoms with Crippen molar-refractivity contribution < 1.29 is 4.74 Å². The average Bonchev–Trinajstić information content (AvgIpc) is 1.87. The van der Waals surface area contributed by atoms with Crippen molar-refractivity contribution in [1.29, 1.82) is 0 Å². The number of benzene rings is 1. The van der Waals surface area contributed by atoms with Crippen LogP contribution in [-0.2, 0) is 6.42 Å². The van der Waals surface area contributed by atoms with Crippen molar-refractivity contribution in [2.75, 3.05) is 0 Å². The average molecular weight is 134 g/mol. The van der Waals surface area contributed by atoms with Gasteiger partial charge in [0.2, 0.25) is 0 Å². The van der Waals surface area contributed by atoms with E-state index in [4.69, 9.17) is 4.74 Å². The molecule has 2 bridgehead atoms. The predicted molar refractivity (Wildman–Crippen MR) is 40.5 cm³/mol. The molecule has 10 heavy (non-hydrogen) atoms. The van der Waals surface area contributed by atoms with Gasteiger partial charge in [0, 0.05) is 6.07 Å². The molecule has 0 aromatic heterocycles. The fraction of sp³-hybridized carbons (Fsp3) is 0.333. The molecule has 0 N–H and O–H groups in total. The molecule has 1 nitrogen and oxygen atoms in total. The van der Waals surface area contributed by atoms with E-state index in [2.05, 4.69) is 19.1 Å². The minimum atomic E-state index is 1.01. The second-order valence-corrected chi connectivity index (χ2v) is 2.62. The van der Waals surface area contributed by atoms with E-state index in [-0.39, 0.29) is 0 Å². The largest absolute Gasteiger partial charge is 0.457 e. The Morgan fingerprint density at radius 1 is 1.40 bits per heavy atom. The minimum Gasteiger partial charge on any atom is -0.457 e. The molecule has 0 spiro atoms. The van der Waals surface area contributed by atoms with Gasteiger partial charge in [-0.25, -0.2) is 0 Å². The molecule has 0 fully saturated rings. The van der Waals surface area contributed by atoms with Crippen LogP contribution in [0, 0.1) is 0 Å². The number of hydrogen-bond donors (Lipinski definition) is 0. The molecule has 0 radical (unpaired) electrons. The molecular weight excluding hydrogens is 124 g/mol. The van der Waals surface area contributed by atoms with Crippen LogP contribution >= 0.6 is 0 Å². The smallest absolute Gasteiger partial charge is 0.134 e. The van der Waals surface area contributed by atoms with Gasteiger partial charge in [-0.15, -0.1) is 0 Å². The molecular formula is C9H10O. The number of ether oxygens (including phenoxy) is 1. The summed E-state index contributed by atoms with van der Waals surface area (Å²) >= 11 is 0. The first-order valence-corrected chi connectivity index (χ1v) is 3.71. The fourth-order valence-electron chi connectivity index (χ4n) is 1.24. The van der Waals surface area contributed by atoms with Crippen LogP contribution in [0.15, 0.2) is 18.2 Å². The standard InChI is InChI=1S/C9H10O/c1-2-3-7-4-5-8-6-9(7)10-8/h4-6H,2-3H2,1H3. The summed E-state index contributed by atoms with van der Waals surface area (Å²) in [5.74, 6) is 2.09. The zero-order valence-electron chi connectivity index (χ0n) is 6.05. The normalized spacial score (nSPS) is 12.1. The molecule has 0 unspecified atom stereocenters.